The third-order valence-electron chi connectivity index (χ3n) is 5.80. The molecule has 9 heteroatoms. The number of aromatic nitrogens is 3. The molecule has 0 saturated carbocycles. The topological polar surface area (TPSA) is 129 Å². The molecule has 5 rings (SSSR count). The molecule has 0 spiro atoms. The van der Waals surface area contributed by atoms with Gasteiger partial charge in [0.2, 0.25) is 0 Å². The van der Waals surface area contributed by atoms with E-state index in [0.717, 1.165) is 16.5 Å². The predicted octanol–water partition coefficient (Wildman–Crippen LogP) is 4.26. The molecule has 5 aromatic rings. The molecule has 0 aliphatic heterocycles. The van der Waals surface area contributed by atoms with Crippen molar-refractivity contribution in [1.82, 2.24) is 14.2 Å². The molecule has 0 unspecified atom stereocenters. The third kappa shape index (κ3) is 3.40. The Morgan fingerprint density at radius 1 is 1.09 bits per heavy atom. The third-order valence-corrected chi connectivity index (χ3v) is 6.12. The molecule has 2 aromatic carbocycles. The zero-order valence-electron chi connectivity index (χ0n) is 18.1. The molecule has 0 radical (unpaired) electrons. The van der Waals surface area contributed by atoms with Gasteiger partial charge >= 0.3 is 5.97 Å². The van der Waals surface area contributed by atoms with Gasteiger partial charge in [0.1, 0.15) is 5.56 Å². The minimum atomic E-state index is -1.15. The average molecular weight is 474 g/mol. The van der Waals surface area contributed by atoms with Crippen molar-refractivity contribution in [3.05, 3.63) is 93.5 Å². The zero-order chi connectivity index (χ0) is 24.1. The maximum absolute atomic E-state index is 13.6. The van der Waals surface area contributed by atoms with E-state index in [1.165, 1.54) is 4.52 Å². The number of pyridine rings is 2. The highest BCUT2D eigenvalue weighted by Gasteiger charge is 2.19. The number of nitrogens with zero attached hydrogens (tertiary/aromatic N) is 3. The van der Waals surface area contributed by atoms with Gasteiger partial charge in [0.15, 0.2) is 5.82 Å². The standard InChI is InChI=1S/C25H20ClN5O3/c1-13(27)19-12-16-5-3-7-18(26)21(16)24(32)31(19)17-6-2-4-14(10-17)15-8-9-30-20(11-15)22(25(33)34)23(28)29-30/h2-13H,27H2,1H3,(H2,28,29)(H,33,34)/t13-/m0/s1. The molecule has 0 saturated heterocycles. The maximum Gasteiger partial charge on any atom is 0.341 e. The number of benzene rings is 2. The second kappa shape index (κ2) is 8.02. The SMILES string of the molecule is C[C@H](N)c1cc2cccc(Cl)c2c(=O)n1-c1cccc(-c2ccn3nc(N)c(C(=O)O)c3c2)c1. The molecule has 0 aliphatic rings. The van der Waals surface area contributed by atoms with E-state index in [4.69, 9.17) is 23.1 Å². The number of nitrogen functional groups attached to an aromatic ring is 1. The highest BCUT2D eigenvalue weighted by Crippen LogP contribution is 2.29. The van der Waals surface area contributed by atoms with Gasteiger partial charge in [-0.2, -0.15) is 0 Å². The van der Waals surface area contributed by atoms with Gasteiger partial charge in [-0.3, -0.25) is 9.36 Å². The molecule has 0 aliphatic carbocycles. The van der Waals surface area contributed by atoms with Crippen LogP contribution in [0.3, 0.4) is 0 Å². The van der Waals surface area contributed by atoms with Crippen molar-refractivity contribution in [3.63, 3.8) is 0 Å². The summed E-state index contributed by atoms with van der Waals surface area (Å²) in [7, 11) is 0. The van der Waals surface area contributed by atoms with Gasteiger partial charge < -0.3 is 16.6 Å². The molecule has 170 valence electrons. The summed E-state index contributed by atoms with van der Waals surface area (Å²) in [6.07, 6.45) is 1.65. The van der Waals surface area contributed by atoms with Crippen LogP contribution in [0.5, 0.6) is 0 Å². The second-order valence-corrected chi connectivity index (χ2v) is 8.47. The molecule has 0 fully saturated rings. The van der Waals surface area contributed by atoms with E-state index in [2.05, 4.69) is 5.10 Å². The predicted molar refractivity (Wildman–Crippen MR) is 133 cm³/mol. The van der Waals surface area contributed by atoms with Gasteiger partial charge in [0.25, 0.3) is 5.56 Å². The van der Waals surface area contributed by atoms with Crippen molar-refractivity contribution in [2.24, 2.45) is 5.73 Å². The molecule has 8 nitrogen and oxygen atoms in total. The number of halogens is 1. The number of anilines is 1. The van der Waals surface area contributed by atoms with Crippen molar-refractivity contribution in [2.45, 2.75) is 13.0 Å². The Labute approximate surface area is 198 Å². The highest BCUT2D eigenvalue weighted by atomic mass is 35.5. The van der Waals surface area contributed by atoms with Crippen molar-refractivity contribution >= 4 is 39.7 Å². The minimum Gasteiger partial charge on any atom is -0.477 e. The molecule has 34 heavy (non-hydrogen) atoms. The fraction of sp³-hybridized carbons (Fsp3) is 0.0800. The van der Waals surface area contributed by atoms with Gasteiger partial charge in [-0.15, -0.1) is 5.10 Å². The molecule has 0 bridgehead atoms. The summed E-state index contributed by atoms with van der Waals surface area (Å²) < 4.78 is 3.00. The first-order valence-corrected chi connectivity index (χ1v) is 10.9. The normalized spacial score (nSPS) is 12.3. The van der Waals surface area contributed by atoms with E-state index in [0.29, 0.717) is 27.3 Å². The molecule has 5 N–H and O–H groups in total. The Hall–Kier alpha value is -4.14. The van der Waals surface area contributed by atoms with E-state index in [9.17, 15) is 14.7 Å². The lowest BCUT2D eigenvalue weighted by Gasteiger charge is -2.18. The first-order chi connectivity index (χ1) is 16.3. The van der Waals surface area contributed by atoms with E-state index < -0.39 is 12.0 Å². The summed E-state index contributed by atoms with van der Waals surface area (Å²) in [6.45, 7) is 1.82. The first kappa shape index (κ1) is 21.7. The fourth-order valence-electron chi connectivity index (χ4n) is 4.23. The summed E-state index contributed by atoms with van der Waals surface area (Å²) in [5.41, 5.74) is 14.9. The van der Waals surface area contributed by atoms with E-state index in [-0.39, 0.29) is 16.9 Å². The van der Waals surface area contributed by atoms with Crippen LogP contribution in [0.2, 0.25) is 5.02 Å². The van der Waals surface area contributed by atoms with E-state index in [1.807, 2.05) is 43.3 Å². The number of carbonyl (C=O) groups is 1. The van der Waals surface area contributed by atoms with Gasteiger partial charge in [-0.25, -0.2) is 9.31 Å². The van der Waals surface area contributed by atoms with Gasteiger partial charge in [-0.1, -0.05) is 35.9 Å². The summed E-state index contributed by atoms with van der Waals surface area (Å²) in [6, 6.07) is 17.7. The second-order valence-electron chi connectivity index (χ2n) is 8.06. The highest BCUT2D eigenvalue weighted by molar-refractivity contribution is 6.35. The van der Waals surface area contributed by atoms with Crippen molar-refractivity contribution < 1.29 is 9.90 Å². The summed E-state index contributed by atoms with van der Waals surface area (Å²) >= 11 is 6.37. The Kier molecular flexibility index (Phi) is 5.11. The van der Waals surface area contributed by atoms with Crippen LogP contribution in [-0.4, -0.2) is 25.3 Å². The smallest absolute Gasteiger partial charge is 0.341 e. The number of hydrogen-bond donors (Lipinski definition) is 3. The lowest BCUT2D eigenvalue weighted by atomic mass is 10.0. The minimum absolute atomic E-state index is 0.0560. The molecule has 3 aromatic heterocycles. The summed E-state index contributed by atoms with van der Waals surface area (Å²) in [4.78, 5) is 25.2. The number of carboxylic acid groups (broad SMARTS) is 1. The number of rotatable bonds is 4. The van der Waals surface area contributed by atoms with Crippen LogP contribution in [0.4, 0.5) is 5.82 Å². The van der Waals surface area contributed by atoms with Crippen LogP contribution in [0, 0.1) is 0 Å². The fourth-order valence-corrected chi connectivity index (χ4v) is 4.49. The van der Waals surface area contributed by atoms with Crippen molar-refractivity contribution in [1.29, 1.82) is 0 Å². The molecule has 1 atom stereocenters. The lowest BCUT2D eigenvalue weighted by Crippen LogP contribution is -2.25. The molecular weight excluding hydrogens is 454 g/mol. The zero-order valence-corrected chi connectivity index (χ0v) is 18.8. The molecular formula is C25H20ClN5O3. The van der Waals surface area contributed by atoms with Gasteiger partial charge in [0, 0.05) is 23.6 Å². The number of fused-ring (bicyclic) bond motifs is 2. The number of carboxylic acids is 1. The molecule has 0 amide bonds. The van der Waals surface area contributed by atoms with E-state index in [1.54, 1.807) is 35.0 Å². The molecule has 3 heterocycles. The monoisotopic (exact) mass is 473 g/mol. The largest absolute Gasteiger partial charge is 0.477 e. The first-order valence-electron chi connectivity index (χ1n) is 10.5. The Balaban J connectivity index is 1.73. The quantitative estimate of drug-likeness (QED) is 0.357. The van der Waals surface area contributed by atoms with Crippen LogP contribution >= 0.6 is 11.6 Å². The Bertz CT molecular complexity index is 1670. The van der Waals surface area contributed by atoms with Crippen molar-refractivity contribution in [3.8, 4) is 16.8 Å². The van der Waals surface area contributed by atoms with Crippen LogP contribution in [-0.2, 0) is 0 Å². The van der Waals surface area contributed by atoms with Crippen LogP contribution < -0.4 is 17.0 Å². The van der Waals surface area contributed by atoms with Crippen LogP contribution in [0.15, 0.2) is 71.7 Å². The van der Waals surface area contributed by atoms with Crippen molar-refractivity contribution in [2.75, 3.05) is 5.73 Å². The van der Waals surface area contributed by atoms with Gasteiger partial charge in [-0.05, 0) is 59.8 Å². The number of aromatic carboxylic acids is 1. The Morgan fingerprint density at radius 2 is 1.82 bits per heavy atom. The number of nitrogens with two attached hydrogens (primary N) is 2. The van der Waals surface area contributed by atoms with Crippen LogP contribution in [0.25, 0.3) is 33.1 Å². The summed E-state index contributed by atoms with van der Waals surface area (Å²) in [5.74, 6) is -1.21. The van der Waals surface area contributed by atoms with E-state index >= 15 is 0 Å². The van der Waals surface area contributed by atoms with Gasteiger partial charge in [0.05, 0.1) is 15.9 Å². The average Bonchev–Trinajstić information content (AvgIpc) is 3.14. The lowest BCUT2D eigenvalue weighted by molar-refractivity contribution is 0.0700. The number of hydrogen-bond acceptors (Lipinski definition) is 5. The van der Waals surface area contributed by atoms with Crippen LogP contribution in [0.1, 0.15) is 29.0 Å². The maximum atomic E-state index is 13.6. The Morgan fingerprint density at radius 3 is 2.56 bits per heavy atom. The summed E-state index contributed by atoms with van der Waals surface area (Å²) in [5, 5.41) is 15.1.